The molecule has 0 radical (unpaired) electrons. The molecule has 0 bridgehead atoms. The molecule has 0 heterocycles. The first-order valence-corrected chi connectivity index (χ1v) is 7.49. The zero-order valence-corrected chi connectivity index (χ0v) is 13.7. The van der Waals surface area contributed by atoms with Crippen molar-refractivity contribution in [1.82, 2.24) is 5.32 Å². The van der Waals surface area contributed by atoms with Gasteiger partial charge in [-0.2, -0.15) is 0 Å². The molecule has 0 aliphatic heterocycles. The van der Waals surface area contributed by atoms with E-state index in [-0.39, 0.29) is 5.54 Å². The molecule has 1 rings (SSSR count). The number of unbranched alkanes of at least 4 members (excludes halogenated alkanes) is 1. The van der Waals surface area contributed by atoms with Crippen LogP contribution in [0.15, 0.2) is 35.3 Å². The maximum absolute atomic E-state index is 5.74. The quantitative estimate of drug-likeness (QED) is 0.580. The predicted molar refractivity (Wildman–Crippen MR) is 85.7 cm³/mol. The fourth-order valence-electron chi connectivity index (χ4n) is 1.55. The molecule has 0 aliphatic carbocycles. The Kier molecular flexibility index (Phi) is 6.59. The Morgan fingerprint density at radius 1 is 1.37 bits per heavy atom. The summed E-state index contributed by atoms with van der Waals surface area (Å²) in [7, 11) is 0. The summed E-state index contributed by atoms with van der Waals surface area (Å²) in [5, 5.41) is 3.48. The second-order valence-electron chi connectivity index (χ2n) is 5.64. The highest BCUT2D eigenvalue weighted by Gasteiger charge is 2.10. The summed E-state index contributed by atoms with van der Waals surface area (Å²) in [6.45, 7) is 11.8. The van der Waals surface area contributed by atoms with Crippen molar-refractivity contribution in [2.24, 2.45) is 0 Å². The molecule has 106 valence electrons. The molecule has 0 aromatic heterocycles. The lowest BCUT2D eigenvalue weighted by Crippen LogP contribution is -2.35. The molecule has 1 aromatic carbocycles. The topological polar surface area (TPSA) is 21.3 Å². The van der Waals surface area contributed by atoms with Crippen LogP contribution in [0.2, 0.25) is 0 Å². The van der Waals surface area contributed by atoms with Crippen LogP contribution in [-0.4, -0.2) is 12.1 Å². The zero-order valence-electron chi connectivity index (χ0n) is 12.1. The molecule has 19 heavy (non-hydrogen) atoms. The Hall–Kier alpha value is -0.800. The van der Waals surface area contributed by atoms with Crippen molar-refractivity contribution in [1.29, 1.82) is 0 Å². The maximum Gasteiger partial charge on any atom is 0.119 e. The van der Waals surface area contributed by atoms with Gasteiger partial charge in [0, 0.05) is 16.6 Å². The second kappa shape index (κ2) is 7.71. The summed E-state index contributed by atoms with van der Waals surface area (Å²) < 4.78 is 6.85. The average molecular weight is 326 g/mol. The van der Waals surface area contributed by atoms with Gasteiger partial charge in [0.2, 0.25) is 0 Å². The number of hydrogen-bond donors (Lipinski definition) is 1. The first-order chi connectivity index (χ1) is 8.92. The van der Waals surface area contributed by atoms with Crippen LogP contribution in [0.1, 0.15) is 39.2 Å². The van der Waals surface area contributed by atoms with E-state index >= 15 is 0 Å². The van der Waals surface area contributed by atoms with Gasteiger partial charge in [-0.15, -0.1) is 6.58 Å². The first-order valence-electron chi connectivity index (χ1n) is 6.69. The molecule has 0 aliphatic rings. The van der Waals surface area contributed by atoms with Crippen molar-refractivity contribution in [3.8, 4) is 5.75 Å². The molecule has 0 saturated heterocycles. The van der Waals surface area contributed by atoms with Gasteiger partial charge in [-0.1, -0.05) is 22.0 Å². The normalized spacial score (nSPS) is 11.4. The van der Waals surface area contributed by atoms with Crippen LogP contribution in [0.5, 0.6) is 5.75 Å². The highest BCUT2D eigenvalue weighted by atomic mass is 79.9. The van der Waals surface area contributed by atoms with Crippen LogP contribution >= 0.6 is 15.9 Å². The first kappa shape index (κ1) is 16.3. The Labute approximate surface area is 125 Å². The highest BCUT2D eigenvalue weighted by molar-refractivity contribution is 9.10. The van der Waals surface area contributed by atoms with Crippen LogP contribution in [0.3, 0.4) is 0 Å². The standard InChI is InChI=1S/C16H24BrNO/c1-5-6-7-10-19-14-8-9-15(17)13(11-14)12-18-16(2,3)4/h5,8-9,11,18H,1,6-7,10,12H2,2-4H3. The van der Waals surface area contributed by atoms with Crippen molar-refractivity contribution < 1.29 is 4.74 Å². The van der Waals surface area contributed by atoms with E-state index in [0.717, 1.165) is 36.2 Å². The molecular formula is C16H24BrNO. The van der Waals surface area contributed by atoms with E-state index in [1.54, 1.807) is 0 Å². The van der Waals surface area contributed by atoms with Crippen molar-refractivity contribution in [2.75, 3.05) is 6.61 Å². The molecule has 0 fully saturated rings. The van der Waals surface area contributed by atoms with Crippen LogP contribution in [0.25, 0.3) is 0 Å². The van der Waals surface area contributed by atoms with Gasteiger partial charge >= 0.3 is 0 Å². The summed E-state index contributed by atoms with van der Waals surface area (Å²) in [6, 6.07) is 6.14. The van der Waals surface area contributed by atoms with Crippen molar-refractivity contribution in [3.05, 3.63) is 40.9 Å². The van der Waals surface area contributed by atoms with Crippen LogP contribution in [0, 0.1) is 0 Å². The minimum atomic E-state index is 0.111. The minimum absolute atomic E-state index is 0.111. The van der Waals surface area contributed by atoms with Gasteiger partial charge in [0.05, 0.1) is 6.61 Å². The van der Waals surface area contributed by atoms with E-state index in [1.165, 1.54) is 5.56 Å². The lowest BCUT2D eigenvalue weighted by Gasteiger charge is -2.21. The molecule has 0 unspecified atom stereocenters. The number of hydrogen-bond acceptors (Lipinski definition) is 2. The van der Waals surface area contributed by atoms with Gasteiger partial charge in [-0.3, -0.25) is 0 Å². The Bertz CT molecular complexity index is 410. The van der Waals surface area contributed by atoms with E-state index in [9.17, 15) is 0 Å². The third-order valence-corrected chi connectivity index (χ3v) is 3.42. The number of halogens is 1. The van der Waals surface area contributed by atoms with Gasteiger partial charge in [0.15, 0.2) is 0 Å². The second-order valence-corrected chi connectivity index (χ2v) is 6.49. The molecule has 1 aromatic rings. The summed E-state index contributed by atoms with van der Waals surface area (Å²) in [5.74, 6) is 0.929. The number of allylic oxidation sites excluding steroid dienone is 1. The molecule has 3 heteroatoms. The lowest BCUT2D eigenvalue weighted by molar-refractivity contribution is 0.311. The van der Waals surface area contributed by atoms with Crippen LogP contribution in [0.4, 0.5) is 0 Å². The zero-order chi connectivity index (χ0) is 14.3. The van der Waals surface area contributed by atoms with Crippen LogP contribution in [-0.2, 0) is 6.54 Å². The molecule has 0 atom stereocenters. The molecule has 2 nitrogen and oxygen atoms in total. The molecule has 0 amide bonds. The third kappa shape index (κ3) is 6.79. The summed E-state index contributed by atoms with van der Waals surface area (Å²) in [5.41, 5.74) is 1.33. The number of nitrogens with one attached hydrogen (secondary N) is 1. The average Bonchev–Trinajstić information content (AvgIpc) is 2.34. The van der Waals surface area contributed by atoms with Gasteiger partial charge in [-0.05, 0) is 57.4 Å². The van der Waals surface area contributed by atoms with E-state index in [4.69, 9.17) is 4.74 Å². The van der Waals surface area contributed by atoms with Crippen molar-refractivity contribution in [2.45, 2.75) is 45.7 Å². The summed E-state index contributed by atoms with van der Waals surface area (Å²) in [4.78, 5) is 0. The van der Waals surface area contributed by atoms with E-state index in [1.807, 2.05) is 18.2 Å². The number of ether oxygens (including phenoxy) is 1. The SMILES string of the molecule is C=CCCCOc1ccc(Br)c(CNC(C)(C)C)c1. The number of benzene rings is 1. The Morgan fingerprint density at radius 3 is 2.74 bits per heavy atom. The largest absolute Gasteiger partial charge is 0.494 e. The summed E-state index contributed by atoms with van der Waals surface area (Å²) >= 11 is 3.58. The van der Waals surface area contributed by atoms with E-state index < -0.39 is 0 Å². The Balaban J connectivity index is 2.58. The minimum Gasteiger partial charge on any atom is -0.494 e. The van der Waals surface area contributed by atoms with E-state index in [2.05, 4.69) is 54.7 Å². The highest BCUT2D eigenvalue weighted by Crippen LogP contribution is 2.23. The van der Waals surface area contributed by atoms with Gasteiger partial charge in [0.1, 0.15) is 5.75 Å². The molecular weight excluding hydrogens is 302 g/mol. The monoisotopic (exact) mass is 325 g/mol. The maximum atomic E-state index is 5.74. The fraction of sp³-hybridized carbons (Fsp3) is 0.500. The number of rotatable bonds is 7. The van der Waals surface area contributed by atoms with E-state index in [0.29, 0.717) is 0 Å². The third-order valence-electron chi connectivity index (χ3n) is 2.65. The molecule has 0 saturated carbocycles. The molecule has 0 spiro atoms. The smallest absolute Gasteiger partial charge is 0.119 e. The van der Waals surface area contributed by atoms with Crippen molar-refractivity contribution in [3.63, 3.8) is 0 Å². The fourth-order valence-corrected chi connectivity index (χ4v) is 1.94. The van der Waals surface area contributed by atoms with Crippen LogP contribution < -0.4 is 10.1 Å². The van der Waals surface area contributed by atoms with Gasteiger partial charge in [0.25, 0.3) is 0 Å². The Morgan fingerprint density at radius 2 is 2.11 bits per heavy atom. The van der Waals surface area contributed by atoms with Crippen molar-refractivity contribution >= 4 is 15.9 Å². The van der Waals surface area contributed by atoms with Gasteiger partial charge < -0.3 is 10.1 Å². The summed E-state index contributed by atoms with van der Waals surface area (Å²) in [6.07, 6.45) is 3.92. The predicted octanol–water partition coefficient (Wildman–Crippen LogP) is 4.68. The van der Waals surface area contributed by atoms with Gasteiger partial charge in [-0.25, -0.2) is 0 Å². The molecule has 1 N–H and O–H groups in total. The lowest BCUT2D eigenvalue weighted by atomic mass is 10.1.